The largest absolute Gasteiger partial charge is 0.481 e. The van der Waals surface area contributed by atoms with Gasteiger partial charge in [-0.3, -0.25) is 9.48 Å². The summed E-state index contributed by atoms with van der Waals surface area (Å²) in [6, 6.07) is 0. The molecule has 2 N–H and O–H groups in total. The van der Waals surface area contributed by atoms with Crippen LogP contribution in [-0.2, 0) is 11.8 Å². The fourth-order valence-electron chi connectivity index (χ4n) is 1.22. The number of aryl methyl sites for hydroxylation is 2. The van der Waals surface area contributed by atoms with E-state index >= 15 is 0 Å². The highest BCUT2D eigenvalue weighted by Crippen LogP contribution is 2.17. The fourth-order valence-corrected chi connectivity index (χ4v) is 1.22. The van der Waals surface area contributed by atoms with Gasteiger partial charge in [-0.25, -0.2) is 0 Å². The van der Waals surface area contributed by atoms with E-state index in [1.165, 1.54) is 0 Å². The summed E-state index contributed by atoms with van der Waals surface area (Å²) in [5.74, 6) is -1.03. The lowest BCUT2D eigenvalue weighted by Crippen LogP contribution is -2.07. The second-order valence-corrected chi connectivity index (χ2v) is 2.98. The van der Waals surface area contributed by atoms with Gasteiger partial charge in [-0.05, 0) is 12.5 Å². The van der Waals surface area contributed by atoms with Crippen molar-refractivity contribution in [3.63, 3.8) is 0 Å². The topological polar surface area (TPSA) is 75.3 Å². The lowest BCUT2D eigenvalue weighted by molar-refractivity contribution is -0.139. The molecule has 0 spiro atoms. The number of hydrogen-bond acceptors (Lipinski definition) is 3. The Hall–Kier alpha value is -1.36. The van der Waals surface area contributed by atoms with Crippen LogP contribution in [0.5, 0.6) is 0 Å². The van der Waals surface area contributed by atoms with Crippen LogP contribution in [0.15, 0.2) is 6.20 Å². The van der Waals surface area contributed by atoms with Gasteiger partial charge in [0, 0.05) is 13.2 Å². The van der Waals surface area contributed by atoms with Crippen LogP contribution < -0.4 is 0 Å². The Balaban J connectivity index is 2.81. The van der Waals surface area contributed by atoms with Crippen LogP contribution >= 0.6 is 0 Å². The predicted octanol–water partition coefficient (Wildman–Crippen LogP) is 0.237. The molecule has 0 aliphatic rings. The van der Waals surface area contributed by atoms with Crippen molar-refractivity contribution in [2.24, 2.45) is 7.05 Å². The summed E-state index contributed by atoms with van der Waals surface area (Å²) < 4.78 is 1.55. The van der Waals surface area contributed by atoms with Gasteiger partial charge in [-0.15, -0.1) is 0 Å². The molecule has 0 fully saturated rings. The summed E-state index contributed by atoms with van der Waals surface area (Å²) >= 11 is 0. The smallest absolute Gasteiger partial charge is 0.306 e. The van der Waals surface area contributed by atoms with Gasteiger partial charge in [0.2, 0.25) is 0 Å². The van der Waals surface area contributed by atoms with E-state index in [1.54, 1.807) is 24.9 Å². The number of nitrogens with zero attached hydrogens (tertiary/aromatic N) is 2. The maximum Gasteiger partial charge on any atom is 0.306 e. The normalized spacial score (nSPS) is 12.8. The summed E-state index contributed by atoms with van der Waals surface area (Å²) in [7, 11) is 1.73. The van der Waals surface area contributed by atoms with Crippen LogP contribution in [0, 0.1) is 6.92 Å². The van der Waals surface area contributed by atoms with Gasteiger partial charge in [0.1, 0.15) is 6.10 Å². The molecule has 0 amide bonds. The molecule has 1 rings (SSSR count). The molecule has 72 valence electrons. The van der Waals surface area contributed by atoms with E-state index < -0.39 is 12.1 Å². The first kappa shape index (κ1) is 9.73. The van der Waals surface area contributed by atoms with E-state index in [1.807, 2.05) is 0 Å². The van der Waals surface area contributed by atoms with Crippen molar-refractivity contribution in [2.75, 3.05) is 0 Å². The first-order valence-electron chi connectivity index (χ1n) is 3.90. The van der Waals surface area contributed by atoms with E-state index in [0.717, 1.165) is 5.56 Å². The fraction of sp³-hybridized carbons (Fsp3) is 0.500. The van der Waals surface area contributed by atoms with Crippen molar-refractivity contribution < 1.29 is 15.0 Å². The third kappa shape index (κ3) is 2.29. The van der Waals surface area contributed by atoms with Gasteiger partial charge in [0.05, 0.1) is 12.1 Å². The molecule has 0 unspecified atom stereocenters. The van der Waals surface area contributed by atoms with E-state index in [4.69, 9.17) is 5.11 Å². The second-order valence-electron chi connectivity index (χ2n) is 2.98. The molecule has 0 saturated heterocycles. The number of carboxylic acid groups (broad SMARTS) is 1. The molecule has 0 bridgehead atoms. The third-order valence-corrected chi connectivity index (χ3v) is 1.73. The monoisotopic (exact) mass is 184 g/mol. The van der Waals surface area contributed by atoms with E-state index in [9.17, 15) is 9.90 Å². The number of aliphatic hydroxyl groups is 1. The van der Waals surface area contributed by atoms with E-state index in [0.29, 0.717) is 5.69 Å². The van der Waals surface area contributed by atoms with Crippen LogP contribution in [0.3, 0.4) is 0 Å². The molecule has 1 aromatic rings. The Bertz CT molecular complexity index is 319. The van der Waals surface area contributed by atoms with Gasteiger partial charge >= 0.3 is 5.97 Å². The van der Waals surface area contributed by atoms with Gasteiger partial charge in [0.25, 0.3) is 0 Å². The maximum atomic E-state index is 10.3. The van der Waals surface area contributed by atoms with Crippen molar-refractivity contribution in [1.29, 1.82) is 0 Å². The molecule has 0 aliphatic carbocycles. The molecule has 1 atom stereocenters. The lowest BCUT2D eigenvalue weighted by atomic mass is 10.1. The molecule has 5 heteroatoms. The number of hydrogen-bond donors (Lipinski definition) is 2. The minimum atomic E-state index is -1.03. The molecular formula is C8H12N2O3. The Morgan fingerprint density at radius 3 is 2.77 bits per heavy atom. The molecule has 0 saturated carbocycles. The van der Waals surface area contributed by atoms with Gasteiger partial charge in [0.15, 0.2) is 0 Å². The molecule has 0 radical (unpaired) electrons. The highest BCUT2D eigenvalue weighted by Gasteiger charge is 2.17. The first-order valence-corrected chi connectivity index (χ1v) is 3.90. The molecule has 13 heavy (non-hydrogen) atoms. The quantitative estimate of drug-likeness (QED) is 0.705. The SMILES string of the molecule is Cc1cn(C)nc1[C@@H](O)CC(=O)O. The summed E-state index contributed by atoms with van der Waals surface area (Å²) in [5, 5.41) is 21.8. The van der Waals surface area contributed by atoms with E-state index in [2.05, 4.69) is 5.10 Å². The highest BCUT2D eigenvalue weighted by atomic mass is 16.4. The average molecular weight is 184 g/mol. The Labute approximate surface area is 75.6 Å². The van der Waals surface area contributed by atoms with Crippen LogP contribution in [-0.4, -0.2) is 26.0 Å². The summed E-state index contributed by atoms with van der Waals surface area (Å²) in [5.41, 5.74) is 1.24. The summed E-state index contributed by atoms with van der Waals surface area (Å²) in [4.78, 5) is 10.3. The minimum Gasteiger partial charge on any atom is -0.481 e. The van der Waals surface area contributed by atoms with Crippen LogP contribution in [0.2, 0.25) is 0 Å². The van der Waals surface area contributed by atoms with Crippen LogP contribution in [0.25, 0.3) is 0 Å². The zero-order valence-electron chi connectivity index (χ0n) is 7.56. The van der Waals surface area contributed by atoms with Crippen LogP contribution in [0.4, 0.5) is 0 Å². The Kier molecular flexibility index (Phi) is 2.67. The number of aliphatic carboxylic acids is 1. The minimum absolute atomic E-state index is 0.308. The van der Waals surface area contributed by atoms with Crippen molar-refractivity contribution in [2.45, 2.75) is 19.4 Å². The third-order valence-electron chi connectivity index (χ3n) is 1.73. The molecule has 1 heterocycles. The maximum absolute atomic E-state index is 10.3. The molecule has 5 nitrogen and oxygen atoms in total. The summed E-state index contributed by atoms with van der Waals surface area (Å²) in [6.07, 6.45) is 0.414. The zero-order valence-corrected chi connectivity index (χ0v) is 7.56. The van der Waals surface area contributed by atoms with Gasteiger partial charge < -0.3 is 10.2 Å². The van der Waals surface area contributed by atoms with E-state index in [-0.39, 0.29) is 6.42 Å². The first-order chi connectivity index (χ1) is 6.00. The number of carboxylic acids is 1. The predicted molar refractivity (Wildman–Crippen MR) is 45.2 cm³/mol. The highest BCUT2D eigenvalue weighted by molar-refractivity contribution is 5.67. The Morgan fingerprint density at radius 2 is 2.38 bits per heavy atom. The van der Waals surface area contributed by atoms with Gasteiger partial charge in [-0.1, -0.05) is 0 Å². The number of aromatic nitrogens is 2. The Morgan fingerprint density at radius 1 is 1.77 bits per heavy atom. The average Bonchev–Trinajstić information content (AvgIpc) is 2.28. The molecule has 0 aliphatic heterocycles. The van der Waals surface area contributed by atoms with Crippen molar-refractivity contribution in [3.8, 4) is 0 Å². The van der Waals surface area contributed by atoms with Crippen molar-refractivity contribution in [1.82, 2.24) is 9.78 Å². The lowest BCUT2D eigenvalue weighted by Gasteiger charge is -2.04. The molecule has 0 aromatic carbocycles. The van der Waals surface area contributed by atoms with Crippen molar-refractivity contribution in [3.05, 3.63) is 17.5 Å². The number of carbonyl (C=O) groups is 1. The number of rotatable bonds is 3. The van der Waals surface area contributed by atoms with Crippen LogP contribution in [0.1, 0.15) is 23.8 Å². The number of aliphatic hydroxyl groups excluding tert-OH is 1. The summed E-state index contributed by atoms with van der Waals surface area (Å²) in [6.45, 7) is 1.79. The second kappa shape index (κ2) is 3.57. The van der Waals surface area contributed by atoms with Crippen molar-refractivity contribution >= 4 is 5.97 Å². The zero-order chi connectivity index (χ0) is 10.0. The standard InChI is InChI=1S/C8H12N2O3/c1-5-4-10(2)9-8(5)6(11)3-7(12)13/h4,6,11H,3H2,1-2H3,(H,12,13)/t6-/m0/s1. The van der Waals surface area contributed by atoms with Gasteiger partial charge in [-0.2, -0.15) is 5.10 Å². The molecular weight excluding hydrogens is 172 g/mol. The molecule has 1 aromatic heterocycles.